The quantitative estimate of drug-likeness (QED) is 0.488. The number of ether oxygens (including phenoxy) is 2. The van der Waals surface area contributed by atoms with Gasteiger partial charge >= 0.3 is 5.97 Å². The second-order valence-corrected chi connectivity index (χ2v) is 15.7. The molecule has 1 aliphatic heterocycles. The Labute approximate surface area is 218 Å². The van der Waals surface area contributed by atoms with Crippen molar-refractivity contribution in [1.82, 2.24) is 0 Å². The van der Waals surface area contributed by atoms with Gasteiger partial charge in [-0.1, -0.05) is 34.6 Å². The zero-order valence-electron chi connectivity index (χ0n) is 23.9. The van der Waals surface area contributed by atoms with Crippen molar-refractivity contribution in [1.29, 1.82) is 0 Å². The molecular weight excluding hydrogens is 452 g/mol. The third-order valence-electron chi connectivity index (χ3n) is 14.0. The maximum atomic E-state index is 12.3. The van der Waals surface area contributed by atoms with Gasteiger partial charge in [0, 0.05) is 12.3 Å². The van der Waals surface area contributed by atoms with Crippen LogP contribution in [0.1, 0.15) is 107 Å². The zero-order chi connectivity index (χ0) is 26.3. The molecule has 12 atom stereocenters. The molecule has 1 saturated heterocycles. The number of rotatable bonds is 2. The Hall–Kier alpha value is -0.650. The van der Waals surface area contributed by atoms with Gasteiger partial charge in [0.05, 0.1) is 24.4 Å². The molecule has 204 valence electrons. The smallest absolute Gasteiger partial charge is 0.303 e. The first kappa shape index (κ1) is 25.6. The van der Waals surface area contributed by atoms with Gasteiger partial charge in [-0.05, 0) is 111 Å². The van der Waals surface area contributed by atoms with E-state index in [9.17, 15) is 15.0 Å². The van der Waals surface area contributed by atoms with E-state index in [4.69, 9.17) is 9.47 Å². The van der Waals surface area contributed by atoms with Crippen LogP contribution in [0, 0.1) is 50.7 Å². The van der Waals surface area contributed by atoms with E-state index in [0.29, 0.717) is 34.5 Å². The van der Waals surface area contributed by atoms with Crippen molar-refractivity contribution in [3.8, 4) is 0 Å². The molecule has 0 aromatic heterocycles. The maximum Gasteiger partial charge on any atom is 0.303 e. The van der Waals surface area contributed by atoms with E-state index < -0.39 is 11.7 Å². The molecule has 6 rings (SSSR count). The predicted octanol–water partition coefficient (Wildman–Crippen LogP) is 5.50. The number of fused-ring (bicyclic) bond motifs is 4. The molecule has 6 unspecified atom stereocenters. The molecule has 5 saturated carbocycles. The van der Waals surface area contributed by atoms with Crippen LogP contribution in [-0.4, -0.2) is 46.2 Å². The molecule has 0 aromatic rings. The summed E-state index contributed by atoms with van der Waals surface area (Å²) in [5.74, 6) is 1.52. The number of hydrogen-bond acceptors (Lipinski definition) is 5. The number of carbonyl (C=O) groups excluding carboxylic acids is 1. The van der Waals surface area contributed by atoms with Crippen LogP contribution in [0.4, 0.5) is 0 Å². The summed E-state index contributed by atoms with van der Waals surface area (Å²) in [6.45, 7) is 17.2. The number of esters is 1. The van der Waals surface area contributed by atoms with Gasteiger partial charge in [-0.2, -0.15) is 0 Å². The highest BCUT2D eigenvalue weighted by atomic mass is 16.6. The standard InChI is InChI=1S/C31H50O5/c1-17-15-22(27(5,6)36-18(2)32)35-24-23(17)28(7)13-14-31-16-30(31)12-11-21(33)26(3,4)19(30)9-10-20(31)29(28,8)25(24)34/h17,19-25,33-34H,9-16H2,1-8H3/t17-,19+,20?,21+,22?,23+,24?,25+,28?,29-,30?,31?/m1/s1. The van der Waals surface area contributed by atoms with Gasteiger partial charge in [0.15, 0.2) is 0 Å². The summed E-state index contributed by atoms with van der Waals surface area (Å²) < 4.78 is 12.5. The van der Waals surface area contributed by atoms with Gasteiger partial charge in [-0.25, -0.2) is 0 Å². The number of hydrogen-bond donors (Lipinski definition) is 2. The van der Waals surface area contributed by atoms with E-state index in [1.165, 1.54) is 26.2 Å². The molecule has 5 aliphatic carbocycles. The molecule has 0 bridgehead atoms. The normalized spacial score (nSPS) is 56.9. The van der Waals surface area contributed by atoms with Crippen molar-refractivity contribution in [2.45, 2.75) is 137 Å². The molecule has 1 heterocycles. The maximum absolute atomic E-state index is 12.3. The zero-order valence-corrected chi connectivity index (χ0v) is 23.9. The first-order chi connectivity index (χ1) is 16.6. The van der Waals surface area contributed by atoms with E-state index in [-0.39, 0.29) is 40.5 Å². The molecule has 0 radical (unpaired) electrons. The van der Waals surface area contributed by atoms with E-state index in [1.54, 1.807) is 0 Å². The molecule has 5 heteroatoms. The van der Waals surface area contributed by atoms with Gasteiger partial charge in [-0.15, -0.1) is 0 Å². The van der Waals surface area contributed by atoms with Gasteiger partial charge < -0.3 is 19.7 Å². The SMILES string of the molecule is CC(=O)OC(C)(C)C1C[C@@H](C)[C@H]2C(O1)[C@H](O)[C@@]1(C)C3CC[C@H]4C(C)(C)[C@@H](O)CCC45CC35CCC21C. The summed E-state index contributed by atoms with van der Waals surface area (Å²) in [5, 5.41) is 23.2. The molecule has 2 spiro atoms. The third-order valence-corrected chi connectivity index (χ3v) is 14.0. The van der Waals surface area contributed by atoms with Crippen LogP contribution < -0.4 is 0 Å². The lowest BCUT2D eigenvalue weighted by molar-refractivity contribution is -0.210. The lowest BCUT2D eigenvalue weighted by Crippen LogP contribution is -2.59. The summed E-state index contributed by atoms with van der Waals surface area (Å²) in [4.78, 5) is 11.8. The summed E-state index contributed by atoms with van der Waals surface area (Å²) in [6, 6.07) is 0. The number of aliphatic hydroxyl groups excluding tert-OH is 2. The highest BCUT2D eigenvalue weighted by Crippen LogP contribution is 2.89. The van der Waals surface area contributed by atoms with Gasteiger partial charge in [0.2, 0.25) is 0 Å². The van der Waals surface area contributed by atoms with Crippen LogP contribution in [0.3, 0.4) is 0 Å². The van der Waals surface area contributed by atoms with Crippen LogP contribution in [0.15, 0.2) is 0 Å². The van der Waals surface area contributed by atoms with Crippen molar-refractivity contribution in [3.63, 3.8) is 0 Å². The highest BCUT2D eigenvalue weighted by Gasteiger charge is 2.84. The Morgan fingerprint density at radius 1 is 0.972 bits per heavy atom. The first-order valence-electron chi connectivity index (χ1n) is 14.8. The van der Waals surface area contributed by atoms with Crippen LogP contribution in [0.5, 0.6) is 0 Å². The fourth-order valence-corrected chi connectivity index (χ4v) is 12.2. The van der Waals surface area contributed by atoms with Gasteiger partial charge in [0.25, 0.3) is 0 Å². The Balaban J connectivity index is 1.35. The second-order valence-electron chi connectivity index (χ2n) is 15.7. The minimum Gasteiger partial charge on any atom is -0.457 e. The van der Waals surface area contributed by atoms with Crippen LogP contribution in [0.2, 0.25) is 0 Å². The third kappa shape index (κ3) is 2.77. The lowest BCUT2D eigenvalue weighted by atomic mass is 9.41. The van der Waals surface area contributed by atoms with Crippen LogP contribution in [0.25, 0.3) is 0 Å². The van der Waals surface area contributed by atoms with E-state index in [1.807, 2.05) is 13.8 Å². The summed E-state index contributed by atoms with van der Waals surface area (Å²) in [5.41, 5.74) is -0.232. The topological polar surface area (TPSA) is 76.0 Å². The monoisotopic (exact) mass is 502 g/mol. The second kappa shape index (κ2) is 7.30. The van der Waals surface area contributed by atoms with Crippen molar-refractivity contribution in [2.75, 3.05) is 0 Å². The summed E-state index contributed by atoms with van der Waals surface area (Å²) in [6.07, 6.45) is 7.83. The molecule has 6 fully saturated rings. The molecule has 0 amide bonds. The van der Waals surface area contributed by atoms with Crippen molar-refractivity contribution in [2.24, 2.45) is 50.7 Å². The molecule has 6 aliphatic rings. The van der Waals surface area contributed by atoms with E-state index >= 15 is 0 Å². The minimum atomic E-state index is -0.714. The van der Waals surface area contributed by atoms with E-state index in [2.05, 4.69) is 34.6 Å². The summed E-state index contributed by atoms with van der Waals surface area (Å²) >= 11 is 0. The fourth-order valence-electron chi connectivity index (χ4n) is 12.2. The molecule has 2 N–H and O–H groups in total. The van der Waals surface area contributed by atoms with Crippen molar-refractivity contribution >= 4 is 5.97 Å². The molecule has 5 nitrogen and oxygen atoms in total. The Morgan fingerprint density at radius 3 is 2.28 bits per heavy atom. The van der Waals surface area contributed by atoms with Crippen molar-refractivity contribution in [3.05, 3.63) is 0 Å². The average Bonchev–Trinajstić information content (AvgIpc) is 3.40. The van der Waals surface area contributed by atoms with Crippen LogP contribution in [-0.2, 0) is 14.3 Å². The number of aliphatic hydroxyl groups is 2. The molecule has 36 heavy (non-hydrogen) atoms. The Kier molecular flexibility index (Phi) is 5.19. The highest BCUT2D eigenvalue weighted by molar-refractivity contribution is 5.66. The Bertz CT molecular complexity index is 959. The predicted molar refractivity (Wildman–Crippen MR) is 138 cm³/mol. The van der Waals surface area contributed by atoms with Gasteiger partial charge in [-0.3, -0.25) is 4.79 Å². The average molecular weight is 503 g/mol. The largest absolute Gasteiger partial charge is 0.457 e. The van der Waals surface area contributed by atoms with Gasteiger partial charge in [0.1, 0.15) is 5.60 Å². The van der Waals surface area contributed by atoms with Crippen LogP contribution >= 0.6 is 0 Å². The Morgan fingerprint density at radius 2 is 1.61 bits per heavy atom. The minimum absolute atomic E-state index is 0.0240. The summed E-state index contributed by atoms with van der Waals surface area (Å²) in [7, 11) is 0. The van der Waals surface area contributed by atoms with E-state index in [0.717, 1.165) is 32.1 Å². The number of carbonyl (C=O) groups is 1. The molecule has 0 aromatic carbocycles. The molecular formula is C31H50O5. The lowest BCUT2D eigenvalue weighted by Gasteiger charge is -2.63. The first-order valence-corrected chi connectivity index (χ1v) is 14.8. The van der Waals surface area contributed by atoms with Crippen molar-refractivity contribution < 1.29 is 24.5 Å². The fraction of sp³-hybridized carbons (Fsp3) is 0.968.